The topological polar surface area (TPSA) is 15.3 Å². The van der Waals surface area contributed by atoms with Crippen LogP contribution in [0.5, 0.6) is 0 Å². The summed E-state index contributed by atoms with van der Waals surface area (Å²) in [5.74, 6) is 0. The minimum absolute atomic E-state index is 0.0971. The summed E-state index contributed by atoms with van der Waals surface area (Å²) < 4.78 is 0. The van der Waals surface area contributed by atoms with Crippen LogP contribution in [0.3, 0.4) is 0 Å². The summed E-state index contributed by atoms with van der Waals surface area (Å²) in [7, 11) is 2.04. The van der Waals surface area contributed by atoms with Gasteiger partial charge in [0.2, 0.25) is 0 Å². The van der Waals surface area contributed by atoms with E-state index < -0.39 is 0 Å². The molecule has 1 N–H and O–H groups in total. The first-order chi connectivity index (χ1) is 9.05. The normalized spacial score (nSPS) is 19.4. The van der Waals surface area contributed by atoms with Gasteiger partial charge in [0, 0.05) is 16.6 Å². The van der Waals surface area contributed by atoms with Gasteiger partial charge >= 0.3 is 0 Å². The molecular formula is C16H25ClN2. The van der Waals surface area contributed by atoms with Gasteiger partial charge in [0.25, 0.3) is 0 Å². The highest BCUT2D eigenvalue weighted by atomic mass is 35.5. The first-order valence-electron chi connectivity index (χ1n) is 7.23. The minimum Gasteiger partial charge on any atom is -0.311 e. The van der Waals surface area contributed by atoms with Crippen LogP contribution in [0.25, 0.3) is 0 Å². The number of piperidine rings is 1. The van der Waals surface area contributed by atoms with Gasteiger partial charge in [-0.15, -0.1) is 0 Å². The quantitative estimate of drug-likeness (QED) is 0.901. The van der Waals surface area contributed by atoms with E-state index in [2.05, 4.69) is 36.2 Å². The number of halogens is 1. The van der Waals surface area contributed by atoms with Crippen LogP contribution < -0.4 is 5.32 Å². The van der Waals surface area contributed by atoms with E-state index in [0.717, 1.165) is 5.02 Å². The lowest BCUT2D eigenvalue weighted by molar-refractivity contribution is 0.0633. The summed E-state index contributed by atoms with van der Waals surface area (Å²) in [5.41, 5.74) is 1.37. The van der Waals surface area contributed by atoms with Gasteiger partial charge in [-0.1, -0.05) is 30.2 Å². The van der Waals surface area contributed by atoms with Crippen molar-refractivity contribution in [3.8, 4) is 0 Å². The van der Waals surface area contributed by atoms with Crippen LogP contribution in [0.2, 0.25) is 5.02 Å². The van der Waals surface area contributed by atoms with Gasteiger partial charge in [0.15, 0.2) is 0 Å². The second-order valence-electron chi connectivity index (χ2n) is 5.98. The van der Waals surface area contributed by atoms with Gasteiger partial charge in [-0.3, -0.25) is 4.90 Å². The molecule has 0 amide bonds. The number of nitrogens with one attached hydrogen (secondary N) is 1. The van der Waals surface area contributed by atoms with Gasteiger partial charge < -0.3 is 5.32 Å². The summed E-state index contributed by atoms with van der Waals surface area (Å²) in [6.07, 6.45) is 4.00. The lowest BCUT2D eigenvalue weighted by atomic mass is 9.85. The number of rotatable bonds is 4. The molecule has 1 heterocycles. The molecule has 0 saturated carbocycles. The van der Waals surface area contributed by atoms with Crippen LogP contribution in [0.15, 0.2) is 24.3 Å². The summed E-state index contributed by atoms with van der Waals surface area (Å²) in [6.45, 7) is 7.07. The second kappa shape index (κ2) is 6.25. The van der Waals surface area contributed by atoms with Crippen LogP contribution >= 0.6 is 11.6 Å². The van der Waals surface area contributed by atoms with E-state index in [0.29, 0.717) is 6.04 Å². The molecule has 2 nitrogen and oxygen atoms in total. The van der Waals surface area contributed by atoms with Gasteiger partial charge in [0.1, 0.15) is 0 Å². The summed E-state index contributed by atoms with van der Waals surface area (Å²) in [4.78, 5) is 2.61. The molecule has 0 spiro atoms. The lowest BCUT2D eigenvalue weighted by Gasteiger charge is -2.46. The lowest BCUT2D eigenvalue weighted by Crippen LogP contribution is -2.53. The molecule has 1 aliphatic heterocycles. The highest BCUT2D eigenvalue weighted by Gasteiger charge is 2.36. The van der Waals surface area contributed by atoms with Gasteiger partial charge in [0.05, 0.1) is 0 Å². The minimum atomic E-state index is 0.0971. The van der Waals surface area contributed by atoms with Crippen molar-refractivity contribution in [3.05, 3.63) is 34.9 Å². The average Bonchev–Trinajstić information content (AvgIpc) is 2.40. The Morgan fingerprint density at radius 1 is 1.21 bits per heavy atom. The molecule has 1 saturated heterocycles. The molecule has 106 valence electrons. The van der Waals surface area contributed by atoms with E-state index in [9.17, 15) is 0 Å². The Morgan fingerprint density at radius 2 is 1.89 bits per heavy atom. The Hall–Kier alpha value is -0.570. The zero-order valence-electron chi connectivity index (χ0n) is 12.2. The molecule has 1 aliphatic rings. The third-order valence-corrected chi connectivity index (χ3v) is 4.58. The molecule has 1 atom stereocenters. The maximum absolute atomic E-state index is 6.14. The van der Waals surface area contributed by atoms with E-state index in [-0.39, 0.29) is 5.54 Å². The molecule has 3 heteroatoms. The molecule has 0 aromatic heterocycles. The van der Waals surface area contributed by atoms with Crippen LogP contribution in [-0.2, 0) is 0 Å². The molecule has 0 bridgehead atoms. The van der Waals surface area contributed by atoms with Crippen molar-refractivity contribution >= 4 is 11.6 Å². The zero-order chi connectivity index (χ0) is 13.9. The summed E-state index contributed by atoms with van der Waals surface area (Å²) in [6, 6.07) is 8.51. The van der Waals surface area contributed by atoms with E-state index >= 15 is 0 Å². The summed E-state index contributed by atoms with van der Waals surface area (Å²) in [5, 5.41) is 4.30. The second-order valence-corrected chi connectivity index (χ2v) is 6.41. The maximum Gasteiger partial charge on any atom is 0.0499 e. The SMILES string of the molecule is CNC(c1cccc(Cl)c1)C(C)(C)N1CCCCC1. The number of nitrogens with zero attached hydrogens (tertiary/aromatic N) is 1. The molecule has 0 radical (unpaired) electrons. The van der Waals surface area contributed by atoms with Crippen LogP contribution in [0.1, 0.15) is 44.7 Å². The largest absolute Gasteiger partial charge is 0.311 e. The number of likely N-dealkylation sites (tertiary alicyclic amines) is 1. The van der Waals surface area contributed by atoms with Crippen molar-refractivity contribution in [1.82, 2.24) is 10.2 Å². The Bertz CT molecular complexity index is 411. The molecule has 1 aromatic rings. The first-order valence-corrected chi connectivity index (χ1v) is 7.61. The smallest absolute Gasteiger partial charge is 0.0499 e. The van der Waals surface area contributed by atoms with Crippen LogP contribution in [0, 0.1) is 0 Å². The zero-order valence-corrected chi connectivity index (χ0v) is 13.0. The monoisotopic (exact) mass is 280 g/mol. The average molecular weight is 281 g/mol. The number of likely N-dealkylation sites (N-methyl/N-ethyl adjacent to an activating group) is 1. The Balaban J connectivity index is 2.24. The third kappa shape index (κ3) is 3.31. The van der Waals surface area contributed by atoms with E-state index in [4.69, 9.17) is 11.6 Å². The van der Waals surface area contributed by atoms with Crippen molar-refractivity contribution in [3.63, 3.8) is 0 Å². The number of hydrogen-bond acceptors (Lipinski definition) is 2. The number of hydrogen-bond donors (Lipinski definition) is 1. The van der Waals surface area contributed by atoms with Crippen LogP contribution in [0.4, 0.5) is 0 Å². The van der Waals surface area contributed by atoms with E-state index in [1.54, 1.807) is 0 Å². The van der Waals surface area contributed by atoms with Crippen molar-refractivity contribution < 1.29 is 0 Å². The molecule has 19 heavy (non-hydrogen) atoms. The van der Waals surface area contributed by atoms with Crippen molar-refractivity contribution in [2.45, 2.75) is 44.7 Å². The third-order valence-electron chi connectivity index (χ3n) is 4.35. The highest BCUT2D eigenvalue weighted by Crippen LogP contribution is 2.33. The van der Waals surface area contributed by atoms with Gasteiger partial charge in [-0.2, -0.15) is 0 Å². The predicted octanol–water partition coefficient (Wildman–Crippen LogP) is 3.87. The highest BCUT2D eigenvalue weighted by molar-refractivity contribution is 6.30. The van der Waals surface area contributed by atoms with Gasteiger partial charge in [-0.25, -0.2) is 0 Å². The fraction of sp³-hybridized carbons (Fsp3) is 0.625. The van der Waals surface area contributed by atoms with E-state index in [1.165, 1.54) is 37.9 Å². The molecule has 1 fully saturated rings. The maximum atomic E-state index is 6.14. The fourth-order valence-electron chi connectivity index (χ4n) is 3.27. The fourth-order valence-corrected chi connectivity index (χ4v) is 3.47. The van der Waals surface area contributed by atoms with Crippen molar-refractivity contribution in [2.75, 3.05) is 20.1 Å². The van der Waals surface area contributed by atoms with Gasteiger partial charge in [-0.05, 0) is 64.5 Å². The predicted molar refractivity (Wildman–Crippen MR) is 82.8 cm³/mol. The number of benzene rings is 1. The summed E-state index contributed by atoms with van der Waals surface area (Å²) >= 11 is 6.14. The molecule has 1 aromatic carbocycles. The van der Waals surface area contributed by atoms with Crippen molar-refractivity contribution in [2.24, 2.45) is 0 Å². The Labute approximate surface area is 122 Å². The Morgan fingerprint density at radius 3 is 2.47 bits per heavy atom. The Kier molecular flexibility index (Phi) is 4.88. The van der Waals surface area contributed by atoms with Crippen molar-refractivity contribution in [1.29, 1.82) is 0 Å². The molecule has 2 rings (SSSR count). The first kappa shape index (κ1) is 14.8. The standard InChI is InChI=1S/C16H25ClN2/c1-16(2,19-10-5-4-6-11-19)15(18-3)13-8-7-9-14(17)12-13/h7-9,12,15,18H,4-6,10-11H2,1-3H3. The molecule has 0 aliphatic carbocycles. The molecule has 1 unspecified atom stereocenters. The molecular weight excluding hydrogens is 256 g/mol. The van der Waals surface area contributed by atoms with E-state index in [1.807, 2.05) is 19.2 Å². The van der Waals surface area contributed by atoms with Crippen LogP contribution in [-0.4, -0.2) is 30.6 Å².